The lowest BCUT2D eigenvalue weighted by Crippen LogP contribution is -2.31. The van der Waals surface area contributed by atoms with Crippen LogP contribution in [-0.2, 0) is 26.0 Å². The lowest BCUT2D eigenvalue weighted by molar-refractivity contribution is -0.123. The van der Waals surface area contributed by atoms with Gasteiger partial charge in [-0.1, -0.05) is 26.0 Å². The van der Waals surface area contributed by atoms with Gasteiger partial charge in [0.15, 0.2) is 21.8 Å². The molecule has 0 amide bonds. The van der Waals surface area contributed by atoms with Crippen molar-refractivity contribution in [1.82, 2.24) is 14.8 Å². The number of hydrogen-bond donors (Lipinski definition) is 0. The van der Waals surface area contributed by atoms with E-state index in [0.717, 1.165) is 37.3 Å². The fraction of sp³-hybridized carbons (Fsp3) is 0.444. The van der Waals surface area contributed by atoms with Crippen molar-refractivity contribution < 1.29 is 22.7 Å². The average molecular weight is 510 g/mol. The van der Waals surface area contributed by atoms with Crippen LogP contribution in [0.25, 0.3) is 11.4 Å². The molecule has 2 aromatic heterocycles. The summed E-state index contributed by atoms with van der Waals surface area (Å²) < 4.78 is 40.0. The van der Waals surface area contributed by atoms with Crippen molar-refractivity contribution in [2.75, 3.05) is 6.61 Å². The van der Waals surface area contributed by atoms with Crippen molar-refractivity contribution in [2.24, 2.45) is 5.41 Å². The summed E-state index contributed by atoms with van der Waals surface area (Å²) in [5.41, 5.74) is 1.76. The highest BCUT2D eigenvalue weighted by molar-refractivity contribution is 7.92. The molecule has 1 saturated heterocycles. The second kappa shape index (κ2) is 9.78. The number of benzene rings is 1. The standard InChI is InChI=1S/C27H31N3O5S/c1-27(2)13-11-24(26(27)31)36(32,33)21-7-5-6-19(16-21)18-35-20-9-10-22(28-17-20)23-12-14-29-30(23)25-8-3-4-15-34-25/h5-7,9-10,12,14,16-17,24-25H,3-4,8,11,13,15,18H2,1-2H3. The molecule has 2 unspecified atom stereocenters. The molecule has 1 aliphatic heterocycles. The number of sulfone groups is 1. The number of nitrogens with zero attached hydrogens (tertiary/aromatic N) is 3. The van der Waals surface area contributed by atoms with Crippen molar-refractivity contribution in [3.63, 3.8) is 0 Å². The lowest BCUT2D eigenvalue weighted by Gasteiger charge is -2.24. The van der Waals surface area contributed by atoms with E-state index in [-0.39, 0.29) is 23.5 Å². The van der Waals surface area contributed by atoms with Gasteiger partial charge in [-0.25, -0.2) is 13.1 Å². The van der Waals surface area contributed by atoms with E-state index in [9.17, 15) is 13.2 Å². The van der Waals surface area contributed by atoms with Crippen LogP contribution in [0.4, 0.5) is 0 Å². The molecule has 0 radical (unpaired) electrons. The van der Waals surface area contributed by atoms with E-state index >= 15 is 0 Å². The number of carbonyl (C=O) groups excluding carboxylic acids is 1. The molecule has 0 spiro atoms. The molecule has 5 rings (SSSR count). The number of ketones is 1. The zero-order chi connectivity index (χ0) is 25.3. The normalized spacial score (nSPS) is 22.0. The Kier molecular flexibility index (Phi) is 6.70. The maximum Gasteiger partial charge on any atom is 0.188 e. The topological polar surface area (TPSA) is 100 Å². The summed E-state index contributed by atoms with van der Waals surface area (Å²) >= 11 is 0. The molecule has 0 N–H and O–H groups in total. The van der Waals surface area contributed by atoms with Crippen LogP contribution >= 0.6 is 0 Å². The van der Waals surface area contributed by atoms with Gasteiger partial charge in [-0.3, -0.25) is 9.78 Å². The number of hydrogen-bond acceptors (Lipinski definition) is 7. The van der Waals surface area contributed by atoms with Gasteiger partial charge in [-0.05, 0) is 68.0 Å². The van der Waals surface area contributed by atoms with Crippen LogP contribution in [0, 0.1) is 5.41 Å². The predicted molar refractivity (Wildman–Crippen MR) is 134 cm³/mol. The summed E-state index contributed by atoms with van der Waals surface area (Å²) in [5.74, 6) is 0.367. The maximum atomic E-state index is 13.2. The highest BCUT2D eigenvalue weighted by Gasteiger charge is 2.47. The summed E-state index contributed by atoms with van der Waals surface area (Å²) in [7, 11) is -3.74. The lowest BCUT2D eigenvalue weighted by atomic mass is 9.91. The molecule has 2 fully saturated rings. The van der Waals surface area contributed by atoms with Gasteiger partial charge in [-0.15, -0.1) is 0 Å². The second-order valence-corrected chi connectivity index (χ2v) is 12.2. The molecular weight excluding hydrogens is 478 g/mol. The van der Waals surface area contributed by atoms with Gasteiger partial charge in [0, 0.05) is 18.2 Å². The first-order chi connectivity index (χ1) is 17.3. The molecule has 8 nitrogen and oxygen atoms in total. The van der Waals surface area contributed by atoms with E-state index in [2.05, 4.69) is 10.1 Å². The van der Waals surface area contributed by atoms with Gasteiger partial charge in [0.05, 0.1) is 22.5 Å². The van der Waals surface area contributed by atoms with E-state index in [0.29, 0.717) is 24.2 Å². The van der Waals surface area contributed by atoms with Gasteiger partial charge < -0.3 is 9.47 Å². The van der Waals surface area contributed by atoms with Crippen molar-refractivity contribution in [2.45, 2.75) is 68.9 Å². The molecule has 2 aliphatic rings. The van der Waals surface area contributed by atoms with Crippen LogP contribution in [-0.4, -0.2) is 40.8 Å². The molecule has 1 saturated carbocycles. The highest BCUT2D eigenvalue weighted by atomic mass is 32.2. The van der Waals surface area contributed by atoms with Gasteiger partial charge in [0.2, 0.25) is 0 Å². The quantitative estimate of drug-likeness (QED) is 0.453. The van der Waals surface area contributed by atoms with Crippen LogP contribution in [0.3, 0.4) is 0 Å². The molecular formula is C27H31N3O5S. The smallest absolute Gasteiger partial charge is 0.188 e. The Bertz CT molecular complexity index is 1340. The summed E-state index contributed by atoms with van der Waals surface area (Å²) in [6.07, 6.45) is 7.38. The number of rotatable bonds is 7. The zero-order valence-electron chi connectivity index (χ0n) is 20.6. The van der Waals surface area contributed by atoms with E-state index in [4.69, 9.17) is 9.47 Å². The van der Waals surface area contributed by atoms with Crippen molar-refractivity contribution >= 4 is 15.6 Å². The maximum absolute atomic E-state index is 13.2. The van der Waals surface area contributed by atoms with E-state index in [1.54, 1.807) is 30.6 Å². The Morgan fingerprint density at radius 3 is 2.69 bits per heavy atom. The SMILES string of the molecule is CC1(C)CCC(S(=O)(=O)c2cccc(COc3ccc(-c4ccnn4C4CCCCO4)nc3)c2)C1=O. The number of carbonyl (C=O) groups is 1. The Hall–Kier alpha value is -3.04. The van der Waals surface area contributed by atoms with Crippen LogP contribution < -0.4 is 4.74 Å². The van der Waals surface area contributed by atoms with E-state index < -0.39 is 20.5 Å². The highest BCUT2D eigenvalue weighted by Crippen LogP contribution is 2.39. The molecule has 3 aromatic rings. The van der Waals surface area contributed by atoms with Gasteiger partial charge in [0.25, 0.3) is 0 Å². The minimum absolute atomic E-state index is 0.0735. The van der Waals surface area contributed by atoms with Crippen molar-refractivity contribution in [3.05, 3.63) is 60.4 Å². The first-order valence-electron chi connectivity index (χ1n) is 12.4. The van der Waals surface area contributed by atoms with Crippen LogP contribution in [0.15, 0.2) is 59.8 Å². The largest absolute Gasteiger partial charge is 0.487 e. The first-order valence-corrected chi connectivity index (χ1v) is 13.9. The second-order valence-electron chi connectivity index (χ2n) is 10.1. The van der Waals surface area contributed by atoms with Crippen LogP contribution in [0.5, 0.6) is 5.75 Å². The van der Waals surface area contributed by atoms with E-state index in [1.165, 1.54) is 0 Å². The third-order valence-corrected chi connectivity index (χ3v) is 9.21. The van der Waals surface area contributed by atoms with Crippen molar-refractivity contribution in [3.8, 4) is 17.1 Å². The Labute approximate surface area is 211 Å². The molecule has 0 bridgehead atoms. The molecule has 9 heteroatoms. The predicted octanol–water partition coefficient (Wildman–Crippen LogP) is 4.75. The minimum atomic E-state index is -3.74. The monoisotopic (exact) mass is 509 g/mol. The molecule has 190 valence electrons. The third-order valence-electron chi connectivity index (χ3n) is 7.10. The molecule has 2 atom stereocenters. The average Bonchev–Trinajstić information content (AvgIpc) is 3.48. The number of pyridine rings is 1. The summed E-state index contributed by atoms with van der Waals surface area (Å²) in [6, 6.07) is 12.3. The van der Waals surface area contributed by atoms with Crippen molar-refractivity contribution in [1.29, 1.82) is 0 Å². The van der Waals surface area contributed by atoms with E-state index in [1.807, 2.05) is 42.8 Å². The summed E-state index contributed by atoms with van der Waals surface area (Å²) in [6.45, 7) is 4.54. The Morgan fingerprint density at radius 1 is 1.14 bits per heavy atom. The van der Waals surface area contributed by atoms with Crippen LogP contribution in [0.1, 0.15) is 57.7 Å². The summed E-state index contributed by atoms with van der Waals surface area (Å²) in [4.78, 5) is 17.3. The molecule has 1 aliphatic carbocycles. The third kappa shape index (κ3) is 4.82. The Balaban J connectivity index is 1.26. The van der Waals surface area contributed by atoms with Crippen LogP contribution in [0.2, 0.25) is 0 Å². The first kappa shape index (κ1) is 24.6. The summed E-state index contributed by atoms with van der Waals surface area (Å²) in [5, 5.41) is 3.46. The van der Waals surface area contributed by atoms with Gasteiger partial charge in [0.1, 0.15) is 17.6 Å². The van der Waals surface area contributed by atoms with Gasteiger partial charge >= 0.3 is 0 Å². The molecule has 1 aromatic carbocycles. The minimum Gasteiger partial charge on any atom is -0.487 e. The zero-order valence-corrected chi connectivity index (χ0v) is 21.4. The van der Waals surface area contributed by atoms with Gasteiger partial charge in [-0.2, -0.15) is 5.10 Å². The molecule has 3 heterocycles. The number of Topliss-reactive ketones (excluding diaryl/α,β-unsaturated/α-hetero) is 1. The molecule has 36 heavy (non-hydrogen) atoms. The number of aromatic nitrogens is 3. The Morgan fingerprint density at radius 2 is 2.00 bits per heavy atom. The fourth-order valence-electron chi connectivity index (χ4n) is 4.90. The fourth-order valence-corrected chi connectivity index (χ4v) is 6.84. The number of ether oxygens (including phenoxy) is 2.